The van der Waals surface area contributed by atoms with Crippen LogP contribution in [0, 0.1) is 0 Å². The number of nitrogens with one attached hydrogen (secondary N) is 2. The van der Waals surface area contributed by atoms with Gasteiger partial charge in [-0.15, -0.1) is 0 Å². The van der Waals surface area contributed by atoms with Crippen LogP contribution in [0.1, 0.15) is 28.4 Å². The number of hydrogen-bond acceptors (Lipinski definition) is 3. The largest absolute Gasteiger partial charge is 0.388 e. The molecule has 1 unspecified atom stereocenters. The monoisotopic (exact) mass is 346 g/mol. The van der Waals surface area contributed by atoms with E-state index in [-0.39, 0.29) is 18.2 Å². The van der Waals surface area contributed by atoms with Crippen LogP contribution in [-0.4, -0.2) is 30.0 Å². The first-order chi connectivity index (χ1) is 11.6. The van der Waals surface area contributed by atoms with Gasteiger partial charge in [-0.25, -0.2) is 0 Å². The zero-order chi connectivity index (χ0) is 17.4. The highest BCUT2D eigenvalue weighted by Crippen LogP contribution is 2.18. The van der Waals surface area contributed by atoms with Crippen molar-refractivity contribution < 1.29 is 14.7 Å². The molecule has 0 aliphatic carbocycles. The van der Waals surface area contributed by atoms with Crippen LogP contribution in [-0.2, 0) is 4.79 Å². The van der Waals surface area contributed by atoms with Crippen molar-refractivity contribution in [2.45, 2.75) is 12.5 Å². The van der Waals surface area contributed by atoms with Crippen LogP contribution in [0.4, 0.5) is 0 Å². The van der Waals surface area contributed by atoms with E-state index in [1.807, 2.05) is 6.07 Å². The standard InChI is InChI=1S/C18H19ClN2O3/c19-15-8-6-13(7-9-15)16(22)12-17(23)20-10-11-21-18(24)14-4-2-1-3-5-14/h1-9,16,22H,10-12H2,(H,20,23)(H,21,24). The van der Waals surface area contributed by atoms with Crippen molar-refractivity contribution in [2.24, 2.45) is 0 Å². The Kier molecular flexibility index (Phi) is 6.78. The Morgan fingerprint density at radius 2 is 1.58 bits per heavy atom. The van der Waals surface area contributed by atoms with Crippen LogP contribution in [0.3, 0.4) is 0 Å². The van der Waals surface area contributed by atoms with E-state index in [1.54, 1.807) is 48.5 Å². The fourth-order valence-corrected chi connectivity index (χ4v) is 2.25. The lowest BCUT2D eigenvalue weighted by Crippen LogP contribution is -2.35. The smallest absolute Gasteiger partial charge is 0.251 e. The molecule has 2 rings (SSSR count). The summed E-state index contributed by atoms with van der Waals surface area (Å²) in [5.41, 5.74) is 1.20. The van der Waals surface area contributed by atoms with Crippen molar-refractivity contribution in [3.63, 3.8) is 0 Å². The second-order valence-electron chi connectivity index (χ2n) is 5.24. The molecule has 0 bridgehead atoms. The summed E-state index contributed by atoms with van der Waals surface area (Å²) in [6, 6.07) is 15.5. The third-order valence-electron chi connectivity index (χ3n) is 3.40. The number of hydrogen-bond donors (Lipinski definition) is 3. The van der Waals surface area contributed by atoms with Crippen LogP contribution >= 0.6 is 11.6 Å². The van der Waals surface area contributed by atoms with Gasteiger partial charge in [-0.2, -0.15) is 0 Å². The Morgan fingerprint density at radius 3 is 2.25 bits per heavy atom. The van der Waals surface area contributed by atoms with Crippen molar-refractivity contribution in [1.82, 2.24) is 10.6 Å². The molecular formula is C18H19ClN2O3. The SMILES string of the molecule is O=C(CC(O)c1ccc(Cl)cc1)NCCNC(=O)c1ccccc1. The Hall–Kier alpha value is -2.37. The summed E-state index contributed by atoms with van der Waals surface area (Å²) >= 11 is 5.78. The number of carbonyl (C=O) groups excluding carboxylic acids is 2. The lowest BCUT2D eigenvalue weighted by Gasteiger charge is -2.12. The van der Waals surface area contributed by atoms with Crippen LogP contribution in [0.5, 0.6) is 0 Å². The molecule has 2 aromatic carbocycles. The second kappa shape index (κ2) is 9.05. The maximum Gasteiger partial charge on any atom is 0.251 e. The number of halogens is 1. The van der Waals surface area contributed by atoms with Gasteiger partial charge < -0.3 is 15.7 Å². The fourth-order valence-electron chi connectivity index (χ4n) is 2.12. The molecule has 2 amide bonds. The van der Waals surface area contributed by atoms with E-state index >= 15 is 0 Å². The van der Waals surface area contributed by atoms with Crippen molar-refractivity contribution in [1.29, 1.82) is 0 Å². The summed E-state index contributed by atoms with van der Waals surface area (Å²) in [5, 5.41) is 16.0. The molecule has 24 heavy (non-hydrogen) atoms. The van der Waals surface area contributed by atoms with Crippen LogP contribution in [0.25, 0.3) is 0 Å². The summed E-state index contributed by atoms with van der Waals surface area (Å²) in [7, 11) is 0. The van der Waals surface area contributed by atoms with Crippen LogP contribution < -0.4 is 10.6 Å². The quantitative estimate of drug-likeness (QED) is 0.673. The third-order valence-corrected chi connectivity index (χ3v) is 3.65. The second-order valence-corrected chi connectivity index (χ2v) is 5.68. The highest BCUT2D eigenvalue weighted by Gasteiger charge is 2.12. The molecule has 0 saturated carbocycles. The van der Waals surface area contributed by atoms with Gasteiger partial charge in [-0.3, -0.25) is 9.59 Å². The Bertz CT molecular complexity index is 674. The van der Waals surface area contributed by atoms with Gasteiger partial charge in [0, 0.05) is 23.7 Å². The van der Waals surface area contributed by atoms with Crippen molar-refractivity contribution in [3.05, 3.63) is 70.7 Å². The zero-order valence-electron chi connectivity index (χ0n) is 13.0. The molecule has 0 fully saturated rings. The van der Waals surface area contributed by atoms with E-state index in [9.17, 15) is 14.7 Å². The molecular weight excluding hydrogens is 328 g/mol. The van der Waals surface area contributed by atoms with Gasteiger partial charge in [0.15, 0.2) is 0 Å². The highest BCUT2D eigenvalue weighted by molar-refractivity contribution is 6.30. The molecule has 6 heteroatoms. The van der Waals surface area contributed by atoms with Crippen molar-refractivity contribution in [3.8, 4) is 0 Å². The van der Waals surface area contributed by atoms with Gasteiger partial charge in [0.1, 0.15) is 0 Å². The normalized spacial score (nSPS) is 11.6. The molecule has 0 aliphatic rings. The van der Waals surface area contributed by atoms with E-state index in [1.165, 1.54) is 0 Å². The van der Waals surface area contributed by atoms with Gasteiger partial charge in [0.2, 0.25) is 5.91 Å². The van der Waals surface area contributed by atoms with Gasteiger partial charge in [-0.05, 0) is 29.8 Å². The molecule has 0 spiro atoms. The molecule has 0 heterocycles. The third kappa shape index (κ3) is 5.68. The predicted molar refractivity (Wildman–Crippen MR) is 92.8 cm³/mol. The molecule has 0 aromatic heterocycles. The van der Waals surface area contributed by atoms with E-state index in [4.69, 9.17) is 11.6 Å². The Labute approximate surface area is 145 Å². The first-order valence-corrected chi connectivity index (χ1v) is 7.97. The van der Waals surface area contributed by atoms with E-state index < -0.39 is 6.10 Å². The molecule has 126 valence electrons. The molecule has 0 radical (unpaired) electrons. The Balaban J connectivity index is 1.68. The summed E-state index contributed by atoms with van der Waals surface area (Å²) in [5.74, 6) is -0.475. The number of aliphatic hydroxyl groups is 1. The average molecular weight is 347 g/mol. The topological polar surface area (TPSA) is 78.4 Å². The molecule has 0 saturated heterocycles. The fraction of sp³-hybridized carbons (Fsp3) is 0.222. The van der Waals surface area contributed by atoms with E-state index in [2.05, 4.69) is 10.6 Å². The summed E-state index contributed by atoms with van der Waals surface area (Å²) in [6.45, 7) is 0.612. The minimum atomic E-state index is -0.888. The predicted octanol–water partition coefficient (Wildman–Crippen LogP) is 2.31. The lowest BCUT2D eigenvalue weighted by molar-refractivity contribution is -0.123. The first kappa shape index (κ1) is 18.0. The summed E-state index contributed by atoms with van der Waals surface area (Å²) < 4.78 is 0. The summed E-state index contributed by atoms with van der Waals surface area (Å²) in [4.78, 5) is 23.6. The van der Waals surface area contributed by atoms with Crippen LogP contribution in [0.15, 0.2) is 54.6 Å². The number of aliphatic hydroxyl groups excluding tert-OH is 1. The number of carbonyl (C=O) groups is 2. The van der Waals surface area contributed by atoms with Crippen LogP contribution in [0.2, 0.25) is 5.02 Å². The minimum absolute atomic E-state index is 0.0474. The van der Waals surface area contributed by atoms with E-state index in [0.717, 1.165) is 0 Å². The van der Waals surface area contributed by atoms with E-state index in [0.29, 0.717) is 29.2 Å². The van der Waals surface area contributed by atoms with Gasteiger partial charge in [0.05, 0.1) is 12.5 Å². The van der Waals surface area contributed by atoms with Gasteiger partial charge in [-0.1, -0.05) is 41.9 Å². The molecule has 2 aromatic rings. The average Bonchev–Trinajstić information content (AvgIpc) is 2.59. The van der Waals surface area contributed by atoms with Gasteiger partial charge in [0.25, 0.3) is 5.91 Å². The Morgan fingerprint density at radius 1 is 0.958 bits per heavy atom. The molecule has 0 aliphatic heterocycles. The maximum atomic E-state index is 11.8. The molecule has 3 N–H and O–H groups in total. The lowest BCUT2D eigenvalue weighted by atomic mass is 10.1. The zero-order valence-corrected chi connectivity index (χ0v) is 13.8. The number of rotatable bonds is 7. The van der Waals surface area contributed by atoms with Gasteiger partial charge >= 0.3 is 0 Å². The minimum Gasteiger partial charge on any atom is -0.388 e. The van der Waals surface area contributed by atoms with Crippen molar-refractivity contribution in [2.75, 3.05) is 13.1 Å². The molecule has 5 nitrogen and oxygen atoms in total. The highest BCUT2D eigenvalue weighted by atomic mass is 35.5. The summed E-state index contributed by atoms with van der Waals surface area (Å²) in [6.07, 6.45) is -0.935. The number of benzene rings is 2. The first-order valence-electron chi connectivity index (χ1n) is 7.60. The maximum absolute atomic E-state index is 11.8. The molecule has 1 atom stereocenters. The van der Waals surface area contributed by atoms with Crippen molar-refractivity contribution >= 4 is 23.4 Å². The number of amides is 2.